The van der Waals surface area contributed by atoms with E-state index in [1.165, 1.54) is 6.20 Å². The first kappa shape index (κ1) is 9.93. The van der Waals surface area contributed by atoms with Gasteiger partial charge in [-0.15, -0.1) is 0 Å². The van der Waals surface area contributed by atoms with Gasteiger partial charge in [0.1, 0.15) is 0 Å². The molecule has 0 aliphatic rings. The van der Waals surface area contributed by atoms with E-state index in [1.54, 1.807) is 6.07 Å². The van der Waals surface area contributed by atoms with Crippen LogP contribution in [-0.4, -0.2) is 10.2 Å². The van der Waals surface area contributed by atoms with Gasteiger partial charge >= 0.3 is 0 Å². The van der Waals surface area contributed by atoms with Crippen LogP contribution in [0.1, 0.15) is 11.3 Å². The van der Waals surface area contributed by atoms with Crippen LogP contribution in [0.2, 0.25) is 5.02 Å². The Labute approximate surface area is 92.9 Å². The van der Waals surface area contributed by atoms with E-state index in [0.717, 1.165) is 16.3 Å². The van der Waals surface area contributed by atoms with Crippen molar-refractivity contribution in [3.8, 4) is 0 Å². The van der Waals surface area contributed by atoms with Gasteiger partial charge < -0.3 is 5.73 Å². The van der Waals surface area contributed by atoms with Crippen LogP contribution in [0.5, 0.6) is 0 Å². The van der Waals surface area contributed by atoms with Crippen molar-refractivity contribution in [2.45, 2.75) is 6.42 Å². The Bertz CT molecular complexity index is 471. The van der Waals surface area contributed by atoms with E-state index in [2.05, 4.69) is 10.2 Å². The lowest BCUT2D eigenvalue weighted by Gasteiger charge is -2.03. The molecule has 2 aromatic rings. The maximum atomic E-state index is 6.03. The first-order valence-corrected chi connectivity index (χ1v) is 4.94. The van der Waals surface area contributed by atoms with Crippen molar-refractivity contribution in [1.29, 1.82) is 0 Å². The summed E-state index contributed by atoms with van der Waals surface area (Å²) in [6.07, 6.45) is 2.17. The van der Waals surface area contributed by atoms with Crippen molar-refractivity contribution in [3.63, 3.8) is 0 Å². The van der Waals surface area contributed by atoms with Crippen LogP contribution in [-0.2, 0) is 6.42 Å². The largest absolute Gasteiger partial charge is 0.397 e. The number of halogens is 1. The highest BCUT2D eigenvalue weighted by atomic mass is 35.5. The zero-order chi connectivity index (χ0) is 10.7. The van der Waals surface area contributed by atoms with E-state index in [4.69, 9.17) is 17.3 Å². The lowest BCUT2D eigenvalue weighted by molar-refractivity contribution is 0.940. The first-order chi connectivity index (χ1) is 7.25. The molecule has 0 amide bonds. The predicted molar refractivity (Wildman–Crippen MR) is 60.7 cm³/mol. The Hall–Kier alpha value is -1.61. The second-order valence-corrected chi connectivity index (χ2v) is 3.66. The molecule has 76 valence electrons. The quantitative estimate of drug-likeness (QED) is 0.843. The fourth-order valence-electron chi connectivity index (χ4n) is 1.35. The van der Waals surface area contributed by atoms with Gasteiger partial charge in [0, 0.05) is 11.4 Å². The van der Waals surface area contributed by atoms with E-state index < -0.39 is 0 Å². The summed E-state index contributed by atoms with van der Waals surface area (Å²) in [6.45, 7) is 0. The number of rotatable bonds is 2. The van der Waals surface area contributed by atoms with Crippen molar-refractivity contribution >= 4 is 17.3 Å². The van der Waals surface area contributed by atoms with Crippen molar-refractivity contribution in [2.24, 2.45) is 0 Å². The summed E-state index contributed by atoms with van der Waals surface area (Å²) >= 11 is 6.03. The molecule has 15 heavy (non-hydrogen) atoms. The molecule has 0 bridgehead atoms. The Kier molecular flexibility index (Phi) is 2.83. The van der Waals surface area contributed by atoms with Crippen molar-refractivity contribution in [1.82, 2.24) is 10.2 Å². The van der Waals surface area contributed by atoms with E-state index in [-0.39, 0.29) is 0 Å². The molecule has 0 saturated carbocycles. The third-order valence-electron chi connectivity index (χ3n) is 2.06. The molecule has 1 aromatic heterocycles. The van der Waals surface area contributed by atoms with Gasteiger partial charge in [-0.1, -0.05) is 29.8 Å². The Balaban J connectivity index is 2.26. The van der Waals surface area contributed by atoms with E-state index in [0.29, 0.717) is 12.1 Å². The minimum atomic E-state index is 0.618. The van der Waals surface area contributed by atoms with E-state index in [1.807, 2.05) is 24.3 Å². The number of hydrogen-bond donors (Lipinski definition) is 1. The molecule has 2 rings (SSSR count). The number of hydrogen-bond acceptors (Lipinski definition) is 3. The molecule has 0 atom stereocenters. The summed E-state index contributed by atoms with van der Waals surface area (Å²) < 4.78 is 0. The van der Waals surface area contributed by atoms with Gasteiger partial charge in [0.25, 0.3) is 0 Å². The summed E-state index contributed by atoms with van der Waals surface area (Å²) in [6, 6.07) is 9.47. The third-order valence-corrected chi connectivity index (χ3v) is 2.42. The molecule has 1 heterocycles. The average molecular weight is 220 g/mol. The van der Waals surface area contributed by atoms with Gasteiger partial charge in [-0.05, 0) is 17.7 Å². The molecule has 0 spiro atoms. The molecule has 0 aliphatic heterocycles. The molecule has 4 heteroatoms. The Morgan fingerprint density at radius 1 is 1.27 bits per heavy atom. The number of aromatic nitrogens is 2. The molecule has 3 nitrogen and oxygen atoms in total. The summed E-state index contributed by atoms with van der Waals surface area (Å²) in [7, 11) is 0. The monoisotopic (exact) mass is 219 g/mol. The average Bonchev–Trinajstić information content (AvgIpc) is 2.22. The van der Waals surface area contributed by atoms with Gasteiger partial charge in [-0.3, -0.25) is 0 Å². The van der Waals surface area contributed by atoms with Crippen LogP contribution in [0.15, 0.2) is 36.5 Å². The highest BCUT2D eigenvalue weighted by molar-refractivity contribution is 6.31. The molecule has 0 fully saturated rings. The molecule has 0 aliphatic carbocycles. The zero-order valence-corrected chi connectivity index (χ0v) is 8.78. The molecule has 0 saturated heterocycles. The maximum absolute atomic E-state index is 6.03. The number of nitrogen functional groups attached to an aromatic ring is 1. The fourth-order valence-corrected chi connectivity index (χ4v) is 1.55. The van der Waals surface area contributed by atoms with Gasteiger partial charge in [0.05, 0.1) is 17.6 Å². The number of nitrogens with two attached hydrogens (primary N) is 1. The highest BCUT2D eigenvalue weighted by Gasteiger charge is 2.02. The normalized spacial score (nSPS) is 10.2. The number of anilines is 1. The lowest BCUT2D eigenvalue weighted by atomic mass is 10.1. The first-order valence-electron chi connectivity index (χ1n) is 4.56. The number of nitrogens with zero attached hydrogens (tertiary/aromatic N) is 2. The Morgan fingerprint density at radius 3 is 2.80 bits per heavy atom. The second-order valence-electron chi connectivity index (χ2n) is 3.25. The standard InChI is InChI=1S/C11H10ClN3/c12-11-4-2-1-3-8(11)5-10-6-9(13)7-14-15-10/h1-4,6-7H,5H2,(H2,13,15). The molecule has 2 N–H and O–H groups in total. The van der Waals surface area contributed by atoms with Crippen molar-refractivity contribution in [3.05, 3.63) is 52.8 Å². The van der Waals surface area contributed by atoms with E-state index >= 15 is 0 Å². The van der Waals surface area contributed by atoms with Gasteiger partial charge in [0.15, 0.2) is 0 Å². The maximum Gasteiger partial charge on any atom is 0.0726 e. The topological polar surface area (TPSA) is 51.8 Å². The van der Waals surface area contributed by atoms with Crippen LogP contribution in [0.3, 0.4) is 0 Å². The summed E-state index contributed by atoms with van der Waals surface area (Å²) in [5, 5.41) is 8.52. The predicted octanol–water partition coefficient (Wildman–Crippen LogP) is 2.30. The zero-order valence-electron chi connectivity index (χ0n) is 8.02. The van der Waals surface area contributed by atoms with Crippen LogP contribution in [0, 0.1) is 0 Å². The summed E-state index contributed by atoms with van der Waals surface area (Å²) in [4.78, 5) is 0. The number of benzene rings is 1. The van der Waals surface area contributed by atoms with E-state index in [9.17, 15) is 0 Å². The van der Waals surface area contributed by atoms with Gasteiger partial charge in [-0.25, -0.2) is 0 Å². The van der Waals surface area contributed by atoms with Crippen LogP contribution < -0.4 is 5.73 Å². The SMILES string of the molecule is Nc1cnnc(Cc2ccccc2Cl)c1. The van der Waals surface area contributed by atoms with Crippen LogP contribution in [0.25, 0.3) is 0 Å². The van der Waals surface area contributed by atoms with Gasteiger partial charge in [-0.2, -0.15) is 10.2 Å². The smallest absolute Gasteiger partial charge is 0.0726 e. The van der Waals surface area contributed by atoms with Crippen molar-refractivity contribution < 1.29 is 0 Å². The highest BCUT2D eigenvalue weighted by Crippen LogP contribution is 2.18. The summed E-state index contributed by atoms with van der Waals surface area (Å²) in [5.41, 5.74) is 8.08. The van der Waals surface area contributed by atoms with Gasteiger partial charge in [0.2, 0.25) is 0 Å². The molecular formula is C11H10ClN3. The summed E-state index contributed by atoms with van der Waals surface area (Å²) in [5.74, 6) is 0. The molecule has 0 unspecified atom stereocenters. The third kappa shape index (κ3) is 2.44. The van der Waals surface area contributed by atoms with Crippen molar-refractivity contribution in [2.75, 3.05) is 5.73 Å². The minimum Gasteiger partial charge on any atom is -0.397 e. The minimum absolute atomic E-state index is 0.618. The van der Waals surface area contributed by atoms with Crippen LogP contribution >= 0.6 is 11.6 Å². The molecule has 1 aromatic carbocycles. The Morgan fingerprint density at radius 2 is 2.07 bits per heavy atom. The lowest BCUT2D eigenvalue weighted by Crippen LogP contribution is -1.97. The molecule has 0 radical (unpaired) electrons. The fraction of sp³-hybridized carbons (Fsp3) is 0.0909. The second kappa shape index (κ2) is 4.28. The molecular weight excluding hydrogens is 210 g/mol. The van der Waals surface area contributed by atoms with Crippen LogP contribution in [0.4, 0.5) is 5.69 Å².